The van der Waals surface area contributed by atoms with Gasteiger partial charge in [-0.15, -0.1) is 0 Å². The Morgan fingerprint density at radius 3 is 2.61 bits per heavy atom. The number of hydrogen-bond acceptors (Lipinski definition) is 3. The third-order valence-electron chi connectivity index (χ3n) is 2.57. The molecule has 0 fully saturated rings. The van der Waals surface area contributed by atoms with Gasteiger partial charge in [-0.25, -0.2) is 5.01 Å². The minimum atomic E-state index is -0.254. The molecule has 1 N–H and O–H groups in total. The molecule has 0 aromatic heterocycles. The molecular weight excluding hydrogens is 345 g/mol. The van der Waals surface area contributed by atoms with Gasteiger partial charge in [0, 0.05) is 29.1 Å². The van der Waals surface area contributed by atoms with Crippen LogP contribution in [0.15, 0.2) is 29.4 Å². The van der Waals surface area contributed by atoms with Gasteiger partial charge in [0.25, 0.3) is 5.91 Å². The summed E-state index contributed by atoms with van der Waals surface area (Å²) >= 11 is 2.20. The molecule has 0 aliphatic carbocycles. The molecule has 5 nitrogen and oxygen atoms in total. The quantitative estimate of drug-likeness (QED) is 0.822. The van der Waals surface area contributed by atoms with Crippen molar-refractivity contribution in [3.05, 3.63) is 27.8 Å². The van der Waals surface area contributed by atoms with E-state index in [1.165, 1.54) is 5.01 Å². The summed E-state index contributed by atoms with van der Waals surface area (Å²) in [6.07, 6.45) is 0.717. The van der Waals surface area contributed by atoms with Crippen LogP contribution < -0.4 is 5.32 Å². The molecule has 2 rings (SSSR count). The first kappa shape index (κ1) is 13.0. The van der Waals surface area contributed by atoms with Crippen LogP contribution >= 0.6 is 22.6 Å². The van der Waals surface area contributed by atoms with Crippen molar-refractivity contribution >= 4 is 45.8 Å². The summed E-state index contributed by atoms with van der Waals surface area (Å²) in [5.41, 5.74) is 1.11. The molecule has 0 radical (unpaired) electrons. The van der Waals surface area contributed by atoms with Crippen LogP contribution in [0, 0.1) is 3.57 Å². The Morgan fingerprint density at radius 1 is 1.33 bits per heavy atom. The Labute approximate surface area is 118 Å². The largest absolute Gasteiger partial charge is 0.321 e. The van der Waals surface area contributed by atoms with Gasteiger partial charge in [0.1, 0.15) is 5.71 Å². The number of benzene rings is 1. The number of anilines is 1. The van der Waals surface area contributed by atoms with Gasteiger partial charge in [0.2, 0.25) is 5.91 Å². The van der Waals surface area contributed by atoms with Crippen LogP contribution in [0.2, 0.25) is 0 Å². The van der Waals surface area contributed by atoms with Crippen molar-refractivity contribution in [2.24, 2.45) is 5.10 Å². The lowest BCUT2D eigenvalue weighted by atomic mass is 10.1. The third kappa shape index (κ3) is 3.06. The first-order chi connectivity index (χ1) is 8.56. The minimum absolute atomic E-state index is 0.0687. The van der Waals surface area contributed by atoms with E-state index >= 15 is 0 Å². The van der Waals surface area contributed by atoms with Crippen molar-refractivity contribution in [2.75, 3.05) is 12.4 Å². The first-order valence-electron chi connectivity index (χ1n) is 5.47. The zero-order valence-electron chi connectivity index (χ0n) is 9.81. The SMILES string of the molecule is CN1N=C(C(=O)Nc2ccc(I)cc2)CCC1=O. The van der Waals surface area contributed by atoms with Crippen LogP contribution in [-0.2, 0) is 9.59 Å². The molecule has 1 aliphatic rings. The maximum atomic E-state index is 11.9. The van der Waals surface area contributed by atoms with Crippen molar-refractivity contribution in [2.45, 2.75) is 12.8 Å². The predicted octanol–water partition coefficient (Wildman–Crippen LogP) is 1.84. The summed E-state index contributed by atoms with van der Waals surface area (Å²) < 4.78 is 1.10. The number of carbonyl (C=O) groups is 2. The second-order valence-corrected chi connectivity index (χ2v) is 5.17. The topological polar surface area (TPSA) is 61.8 Å². The monoisotopic (exact) mass is 357 g/mol. The highest BCUT2D eigenvalue weighted by molar-refractivity contribution is 14.1. The molecule has 1 aromatic carbocycles. The summed E-state index contributed by atoms with van der Waals surface area (Å²) in [6.45, 7) is 0. The van der Waals surface area contributed by atoms with Crippen LogP contribution in [0.3, 0.4) is 0 Å². The van der Waals surface area contributed by atoms with E-state index in [4.69, 9.17) is 0 Å². The molecule has 1 aliphatic heterocycles. The van der Waals surface area contributed by atoms with Crippen LogP contribution in [-0.4, -0.2) is 29.6 Å². The molecule has 94 valence electrons. The molecule has 0 spiro atoms. The fourth-order valence-corrected chi connectivity index (χ4v) is 1.93. The molecule has 1 heterocycles. The Balaban J connectivity index is 2.06. The van der Waals surface area contributed by atoms with Gasteiger partial charge in [-0.2, -0.15) is 5.10 Å². The molecule has 0 bridgehead atoms. The zero-order chi connectivity index (χ0) is 13.1. The fourth-order valence-electron chi connectivity index (χ4n) is 1.57. The van der Waals surface area contributed by atoms with Gasteiger partial charge in [-0.05, 0) is 46.9 Å². The number of hydrazone groups is 1. The second-order valence-electron chi connectivity index (χ2n) is 3.93. The van der Waals surface area contributed by atoms with Crippen molar-refractivity contribution in [3.8, 4) is 0 Å². The summed E-state index contributed by atoms with van der Waals surface area (Å²) in [4.78, 5) is 23.2. The molecule has 0 saturated heterocycles. The van der Waals surface area contributed by atoms with E-state index in [1.807, 2.05) is 24.3 Å². The Bertz CT molecular complexity index is 511. The highest BCUT2D eigenvalue weighted by atomic mass is 127. The lowest BCUT2D eigenvalue weighted by Crippen LogP contribution is -2.34. The Hall–Kier alpha value is -1.44. The second kappa shape index (κ2) is 5.47. The van der Waals surface area contributed by atoms with Crippen LogP contribution in [0.5, 0.6) is 0 Å². The predicted molar refractivity (Wildman–Crippen MR) is 77.2 cm³/mol. The van der Waals surface area contributed by atoms with E-state index in [0.29, 0.717) is 18.6 Å². The highest BCUT2D eigenvalue weighted by Crippen LogP contribution is 2.13. The summed E-state index contributed by atoms with van der Waals surface area (Å²) in [5, 5.41) is 7.94. The molecule has 0 atom stereocenters. The van der Waals surface area contributed by atoms with E-state index in [9.17, 15) is 9.59 Å². The average Bonchev–Trinajstić information content (AvgIpc) is 2.35. The first-order valence-corrected chi connectivity index (χ1v) is 6.55. The Morgan fingerprint density at radius 2 is 2.00 bits per heavy atom. The number of rotatable bonds is 2. The number of halogens is 1. The number of hydrogen-bond donors (Lipinski definition) is 1. The fraction of sp³-hybridized carbons (Fsp3) is 0.250. The van der Waals surface area contributed by atoms with E-state index in [0.717, 1.165) is 9.26 Å². The summed E-state index contributed by atoms with van der Waals surface area (Å²) in [7, 11) is 1.56. The van der Waals surface area contributed by atoms with E-state index < -0.39 is 0 Å². The standard InChI is InChI=1S/C12H12IN3O2/c1-16-11(17)7-6-10(15-16)12(18)14-9-4-2-8(13)3-5-9/h2-5H,6-7H2,1H3,(H,14,18). The summed E-state index contributed by atoms with van der Waals surface area (Å²) in [6, 6.07) is 7.48. The van der Waals surface area contributed by atoms with Gasteiger partial charge >= 0.3 is 0 Å². The smallest absolute Gasteiger partial charge is 0.271 e. The number of nitrogens with one attached hydrogen (secondary N) is 1. The molecular formula is C12H12IN3O2. The normalized spacial score (nSPS) is 15.3. The van der Waals surface area contributed by atoms with Crippen LogP contribution in [0.4, 0.5) is 5.69 Å². The van der Waals surface area contributed by atoms with E-state index in [1.54, 1.807) is 7.05 Å². The van der Waals surface area contributed by atoms with Crippen molar-refractivity contribution in [1.82, 2.24) is 5.01 Å². The van der Waals surface area contributed by atoms with Gasteiger partial charge < -0.3 is 5.32 Å². The van der Waals surface area contributed by atoms with E-state index in [-0.39, 0.29) is 11.8 Å². The van der Waals surface area contributed by atoms with Gasteiger partial charge in [-0.3, -0.25) is 9.59 Å². The molecule has 0 unspecified atom stereocenters. The maximum Gasteiger partial charge on any atom is 0.271 e. The van der Waals surface area contributed by atoms with Crippen molar-refractivity contribution in [1.29, 1.82) is 0 Å². The summed E-state index contributed by atoms with van der Waals surface area (Å²) in [5.74, 6) is -0.323. The Kier molecular flexibility index (Phi) is 3.95. The minimum Gasteiger partial charge on any atom is -0.321 e. The van der Waals surface area contributed by atoms with Gasteiger partial charge in [0.15, 0.2) is 0 Å². The molecule has 18 heavy (non-hydrogen) atoms. The van der Waals surface area contributed by atoms with Crippen LogP contribution in [0.1, 0.15) is 12.8 Å². The lowest BCUT2D eigenvalue weighted by Gasteiger charge is -2.18. The van der Waals surface area contributed by atoms with Gasteiger partial charge in [-0.1, -0.05) is 0 Å². The average molecular weight is 357 g/mol. The lowest BCUT2D eigenvalue weighted by molar-refractivity contribution is -0.130. The third-order valence-corrected chi connectivity index (χ3v) is 3.29. The van der Waals surface area contributed by atoms with Crippen LogP contribution in [0.25, 0.3) is 0 Å². The number of nitrogens with zero attached hydrogens (tertiary/aromatic N) is 2. The molecule has 0 saturated carbocycles. The molecule has 1 aromatic rings. The molecule has 6 heteroatoms. The van der Waals surface area contributed by atoms with Gasteiger partial charge in [0.05, 0.1) is 0 Å². The highest BCUT2D eigenvalue weighted by Gasteiger charge is 2.21. The van der Waals surface area contributed by atoms with Crippen molar-refractivity contribution < 1.29 is 9.59 Å². The van der Waals surface area contributed by atoms with Crippen molar-refractivity contribution in [3.63, 3.8) is 0 Å². The maximum absolute atomic E-state index is 11.9. The molecule has 2 amide bonds. The number of carbonyl (C=O) groups excluding carboxylic acids is 2. The van der Waals surface area contributed by atoms with E-state index in [2.05, 4.69) is 33.0 Å². The number of amides is 2. The zero-order valence-corrected chi connectivity index (χ0v) is 12.0.